The molecule has 3 atom stereocenters. The molecule has 0 aromatic rings. The van der Waals surface area contributed by atoms with Gasteiger partial charge in [0.15, 0.2) is 0 Å². The van der Waals surface area contributed by atoms with Gasteiger partial charge in [-0.25, -0.2) is 4.21 Å². The first-order valence-corrected chi connectivity index (χ1v) is 7.43. The zero-order valence-electron chi connectivity index (χ0n) is 11.3. The van der Waals surface area contributed by atoms with Crippen LogP contribution in [-0.2, 0) is 25.1 Å². The lowest BCUT2D eigenvalue weighted by Crippen LogP contribution is -2.24. The van der Waals surface area contributed by atoms with Crippen LogP contribution in [0.4, 0.5) is 0 Å². The Bertz CT molecular complexity index is 317. The van der Waals surface area contributed by atoms with E-state index in [0.717, 1.165) is 25.7 Å². The number of carboxylic acids is 1. The number of carbonyl (C=O) groups excluding carboxylic acids is 1. The van der Waals surface area contributed by atoms with Gasteiger partial charge in [-0.05, 0) is 12.3 Å². The van der Waals surface area contributed by atoms with Crippen molar-refractivity contribution in [2.45, 2.75) is 52.4 Å². The van der Waals surface area contributed by atoms with Gasteiger partial charge in [-0.2, -0.15) is 0 Å². The quantitative estimate of drug-likeness (QED) is 0.618. The first-order chi connectivity index (χ1) is 8.90. The Hall–Kier alpha value is -0.950. The summed E-state index contributed by atoms with van der Waals surface area (Å²) in [6.07, 6.45) is 3.69. The van der Waals surface area contributed by atoms with Crippen molar-refractivity contribution in [3.63, 3.8) is 0 Å². The topological polar surface area (TPSA) is 104 Å². The van der Waals surface area contributed by atoms with E-state index in [1.165, 1.54) is 0 Å². The Kier molecular flexibility index (Phi) is 9.42. The molecule has 19 heavy (non-hydrogen) atoms. The van der Waals surface area contributed by atoms with Crippen LogP contribution in [0.3, 0.4) is 0 Å². The first kappa shape index (κ1) is 18.0. The SMILES string of the molecule is CCCCC(CC)CC(CC(=O)O)C(=O)OS(=O)[O-]. The number of unbranched alkanes of at least 4 members (excludes halogenated alkanes) is 1. The van der Waals surface area contributed by atoms with Gasteiger partial charge in [-0.1, -0.05) is 39.5 Å². The maximum atomic E-state index is 11.5. The van der Waals surface area contributed by atoms with E-state index in [4.69, 9.17) is 5.11 Å². The molecule has 0 amide bonds. The highest BCUT2D eigenvalue weighted by atomic mass is 32.2. The Labute approximate surface area is 116 Å². The van der Waals surface area contributed by atoms with Crippen LogP contribution in [-0.4, -0.2) is 25.8 Å². The second-order valence-corrected chi connectivity index (χ2v) is 5.13. The average molecular weight is 293 g/mol. The maximum Gasteiger partial charge on any atom is 0.322 e. The molecule has 3 unspecified atom stereocenters. The van der Waals surface area contributed by atoms with Crippen LogP contribution in [0.5, 0.6) is 0 Å². The molecule has 0 bridgehead atoms. The van der Waals surface area contributed by atoms with Crippen molar-refractivity contribution in [3.05, 3.63) is 0 Å². The number of carbonyl (C=O) groups is 2. The van der Waals surface area contributed by atoms with Crippen molar-refractivity contribution < 1.29 is 27.6 Å². The molecular weight excluding hydrogens is 272 g/mol. The van der Waals surface area contributed by atoms with Crippen LogP contribution in [0.15, 0.2) is 0 Å². The Morgan fingerprint density at radius 3 is 2.42 bits per heavy atom. The summed E-state index contributed by atoms with van der Waals surface area (Å²) in [6.45, 7) is 4.02. The van der Waals surface area contributed by atoms with Gasteiger partial charge < -0.3 is 13.8 Å². The number of rotatable bonds is 10. The van der Waals surface area contributed by atoms with Crippen LogP contribution in [0.25, 0.3) is 0 Å². The molecule has 0 radical (unpaired) electrons. The molecule has 0 fully saturated rings. The van der Waals surface area contributed by atoms with E-state index in [1.54, 1.807) is 0 Å². The minimum absolute atomic E-state index is 0.205. The minimum Gasteiger partial charge on any atom is -0.740 e. The van der Waals surface area contributed by atoms with Gasteiger partial charge in [0.25, 0.3) is 0 Å². The lowest BCUT2D eigenvalue weighted by Gasteiger charge is -2.20. The molecule has 0 saturated carbocycles. The molecule has 1 N–H and O–H groups in total. The van der Waals surface area contributed by atoms with Gasteiger partial charge in [0.1, 0.15) is 11.4 Å². The third-order valence-corrected chi connectivity index (χ3v) is 3.37. The van der Waals surface area contributed by atoms with Crippen LogP contribution >= 0.6 is 0 Å². The fraction of sp³-hybridized carbons (Fsp3) is 0.833. The standard InChI is InChI=1S/C12H22O6S/c1-3-5-6-9(4-2)7-10(8-11(13)14)12(15)18-19(16)17/h9-10H,3-8H2,1-2H3,(H,13,14)(H,16,17)/p-1. The van der Waals surface area contributed by atoms with Crippen LogP contribution in [0.1, 0.15) is 52.4 Å². The van der Waals surface area contributed by atoms with Gasteiger partial charge in [0.2, 0.25) is 0 Å². The summed E-state index contributed by atoms with van der Waals surface area (Å²) in [5.74, 6) is -2.82. The van der Waals surface area contributed by atoms with E-state index in [9.17, 15) is 18.4 Å². The molecule has 112 valence electrons. The summed E-state index contributed by atoms with van der Waals surface area (Å²) in [5.41, 5.74) is 0. The molecule has 0 aromatic heterocycles. The van der Waals surface area contributed by atoms with Crippen molar-refractivity contribution in [1.29, 1.82) is 0 Å². The second kappa shape index (κ2) is 9.91. The monoisotopic (exact) mass is 293 g/mol. The predicted octanol–water partition coefficient (Wildman–Crippen LogP) is 2.02. The van der Waals surface area contributed by atoms with Crippen LogP contribution in [0.2, 0.25) is 0 Å². The molecule has 0 saturated heterocycles. The summed E-state index contributed by atoms with van der Waals surface area (Å²) in [6, 6.07) is 0. The third-order valence-electron chi connectivity index (χ3n) is 3.07. The number of carboxylic acid groups (broad SMARTS) is 1. The van der Waals surface area contributed by atoms with Gasteiger partial charge in [0.05, 0.1) is 12.3 Å². The fourth-order valence-electron chi connectivity index (χ4n) is 1.99. The highest BCUT2D eigenvalue weighted by Gasteiger charge is 2.26. The van der Waals surface area contributed by atoms with E-state index in [2.05, 4.69) is 11.1 Å². The zero-order valence-corrected chi connectivity index (χ0v) is 12.1. The summed E-state index contributed by atoms with van der Waals surface area (Å²) in [7, 11) is 0. The Morgan fingerprint density at radius 2 is 2.00 bits per heavy atom. The van der Waals surface area contributed by atoms with E-state index < -0.39 is 35.6 Å². The summed E-state index contributed by atoms with van der Waals surface area (Å²) >= 11 is -2.95. The van der Waals surface area contributed by atoms with E-state index in [0.29, 0.717) is 6.42 Å². The van der Waals surface area contributed by atoms with E-state index >= 15 is 0 Å². The Morgan fingerprint density at radius 1 is 1.37 bits per heavy atom. The molecule has 0 rings (SSSR count). The molecule has 0 aliphatic rings. The smallest absolute Gasteiger partial charge is 0.322 e. The van der Waals surface area contributed by atoms with Gasteiger partial charge in [-0.15, -0.1) is 0 Å². The minimum atomic E-state index is -2.95. The van der Waals surface area contributed by atoms with Crippen molar-refractivity contribution in [3.8, 4) is 0 Å². The van der Waals surface area contributed by atoms with E-state index in [-0.39, 0.29) is 5.92 Å². The second-order valence-electron chi connectivity index (χ2n) is 4.55. The largest absolute Gasteiger partial charge is 0.740 e. The fourth-order valence-corrected chi connectivity index (χ4v) is 2.26. The molecule has 6 nitrogen and oxygen atoms in total. The van der Waals surface area contributed by atoms with E-state index in [1.807, 2.05) is 6.92 Å². The van der Waals surface area contributed by atoms with Crippen molar-refractivity contribution in [2.75, 3.05) is 0 Å². The molecule has 0 spiro atoms. The lowest BCUT2D eigenvalue weighted by atomic mass is 9.87. The summed E-state index contributed by atoms with van der Waals surface area (Å²) in [4.78, 5) is 22.3. The van der Waals surface area contributed by atoms with Crippen LogP contribution < -0.4 is 0 Å². The average Bonchev–Trinajstić information content (AvgIpc) is 2.31. The third kappa shape index (κ3) is 8.72. The zero-order chi connectivity index (χ0) is 14.8. The van der Waals surface area contributed by atoms with Crippen molar-refractivity contribution in [1.82, 2.24) is 0 Å². The molecular formula is C12H21O6S-. The maximum absolute atomic E-state index is 11.5. The molecule has 0 aromatic carbocycles. The number of aliphatic carboxylic acids is 1. The van der Waals surface area contributed by atoms with Gasteiger partial charge >= 0.3 is 11.9 Å². The summed E-state index contributed by atoms with van der Waals surface area (Å²) in [5, 5.41) is 8.77. The molecule has 7 heteroatoms. The highest BCUT2D eigenvalue weighted by molar-refractivity contribution is 7.74. The number of hydrogen-bond acceptors (Lipinski definition) is 5. The van der Waals surface area contributed by atoms with Crippen LogP contribution in [0, 0.1) is 11.8 Å². The molecule has 0 aliphatic carbocycles. The molecule has 0 heterocycles. The molecule has 0 aliphatic heterocycles. The number of hydrogen-bond donors (Lipinski definition) is 1. The first-order valence-electron chi connectivity index (χ1n) is 6.43. The summed E-state index contributed by atoms with van der Waals surface area (Å²) < 4.78 is 24.8. The normalized spacial score (nSPS) is 15.5. The van der Waals surface area contributed by atoms with Crippen molar-refractivity contribution in [2.24, 2.45) is 11.8 Å². The highest BCUT2D eigenvalue weighted by Crippen LogP contribution is 2.24. The predicted molar refractivity (Wildman–Crippen MR) is 68.7 cm³/mol. The Balaban J connectivity index is 4.59. The van der Waals surface area contributed by atoms with Crippen molar-refractivity contribution >= 4 is 23.3 Å². The van der Waals surface area contributed by atoms with Gasteiger partial charge in [0, 0.05) is 0 Å². The van der Waals surface area contributed by atoms with Gasteiger partial charge in [-0.3, -0.25) is 9.59 Å². The lowest BCUT2D eigenvalue weighted by molar-refractivity contribution is -0.146.